The maximum atomic E-state index is 12.8. The van der Waals surface area contributed by atoms with E-state index >= 15 is 0 Å². The average Bonchev–Trinajstić information content (AvgIpc) is 2.78. The molecule has 162 valence electrons. The van der Waals surface area contributed by atoms with Gasteiger partial charge in [0.15, 0.2) is 12.4 Å². The minimum atomic E-state index is -0.820. The van der Waals surface area contributed by atoms with Gasteiger partial charge in [-0.2, -0.15) is 0 Å². The topological polar surface area (TPSA) is 116 Å². The number of nitrogens with zero attached hydrogens (tertiary/aromatic N) is 1. The molecule has 8 nitrogen and oxygen atoms in total. The number of rotatable bonds is 7. The Hall–Kier alpha value is -3.85. The van der Waals surface area contributed by atoms with Crippen molar-refractivity contribution in [2.24, 2.45) is 0 Å². The van der Waals surface area contributed by atoms with Gasteiger partial charge in [-0.1, -0.05) is 48.0 Å². The van der Waals surface area contributed by atoms with Crippen LogP contribution in [0.15, 0.2) is 71.2 Å². The second kappa shape index (κ2) is 9.97. The number of anilines is 1. The van der Waals surface area contributed by atoms with E-state index in [1.165, 1.54) is 30.3 Å². The summed E-state index contributed by atoms with van der Waals surface area (Å²) in [5.74, 6) is -1.80. The first-order chi connectivity index (χ1) is 15.3. The number of hydrogen-bond acceptors (Lipinski definition) is 6. The number of carbonyl (C=O) groups is 3. The molecule has 0 spiro atoms. The Morgan fingerprint density at radius 2 is 1.66 bits per heavy atom. The molecule has 3 rings (SSSR count). The van der Waals surface area contributed by atoms with Crippen LogP contribution in [0.5, 0.6) is 0 Å². The van der Waals surface area contributed by atoms with Crippen molar-refractivity contribution in [1.29, 1.82) is 0 Å². The molecule has 0 fully saturated rings. The average molecular weight is 497 g/mol. The number of nitrogens with one attached hydrogen (secondary N) is 1. The van der Waals surface area contributed by atoms with E-state index in [4.69, 9.17) is 4.74 Å². The Morgan fingerprint density at radius 1 is 1.00 bits per heavy atom. The minimum absolute atomic E-state index is 0.0439. The molecule has 9 heteroatoms. The Kier molecular flexibility index (Phi) is 7.11. The van der Waals surface area contributed by atoms with Gasteiger partial charge in [-0.05, 0) is 35.0 Å². The quantitative estimate of drug-likeness (QED) is 0.219. The van der Waals surface area contributed by atoms with Crippen molar-refractivity contribution < 1.29 is 24.0 Å². The number of halogens is 1. The van der Waals surface area contributed by atoms with E-state index in [1.54, 1.807) is 36.4 Å². The van der Waals surface area contributed by atoms with Gasteiger partial charge in [-0.3, -0.25) is 19.7 Å². The van der Waals surface area contributed by atoms with Crippen molar-refractivity contribution in [2.45, 2.75) is 6.92 Å². The minimum Gasteiger partial charge on any atom is -0.452 e. The largest absolute Gasteiger partial charge is 0.452 e. The van der Waals surface area contributed by atoms with Crippen molar-refractivity contribution in [3.63, 3.8) is 0 Å². The van der Waals surface area contributed by atoms with Crippen LogP contribution in [0.4, 0.5) is 11.4 Å². The Morgan fingerprint density at radius 3 is 2.28 bits per heavy atom. The summed E-state index contributed by atoms with van der Waals surface area (Å²) in [5.41, 5.74) is 1.78. The molecule has 0 unspecified atom stereocenters. The molecule has 1 N–H and O–H groups in total. The molecule has 0 aliphatic carbocycles. The molecule has 1 amide bonds. The molecule has 0 aliphatic heterocycles. The summed E-state index contributed by atoms with van der Waals surface area (Å²) in [4.78, 5) is 47.8. The van der Waals surface area contributed by atoms with E-state index in [-0.39, 0.29) is 28.3 Å². The summed E-state index contributed by atoms with van der Waals surface area (Å²) < 4.78 is 5.39. The monoisotopic (exact) mass is 496 g/mol. The highest BCUT2D eigenvalue weighted by atomic mass is 79.9. The normalized spacial score (nSPS) is 10.3. The zero-order valence-corrected chi connectivity index (χ0v) is 18.4. The van der Waals surface area contributed by atoms with Gasteiger partial charge in [-0.25, -0.2) is 4.79 Å². The van der Waals surface area contributed by atoms with Crippen LogP contribution in [0.3, 0.4) is 0 Å². The Balaban J connectivity index is 1.68. The highest BCUT2D eigenvalue weighted by Crippen LogP contribution is 2.27. The molecule has 0 saturated carbocycles. The van der Waals surface area contributed by atoms with Crippen molar-refractivity contribution >= 4 is 45.0 Å². The molecule has 0 heterocycles. The smallest absolute Gasteiger partial charge is 0.339 e. The highest BCUT2D eigenvalue weighted by molar-refractivity contribution is 9.10. The molecule has 0 aliphatic rings. The number of esters is 1. The van der Waals surface area contributed by atoms with E-state index in [0.717, 1.165) is 5.56 Å². The fraction of sp³-hybridized carbons (Fsp3) is 0.0870. The van der Waals surface area contributed by atoms with Crippen LogP contribution in [0.2, 0.25) is 0 Å². The summed E-state index contributed by atoms with van der Waals surface area (Å²) in [5, 5.41) is 13.3. The predicted molar refractivity (Wildman–Crippen MR) is 121 cm³/mol. The molecule has 3 aromatic rings. The summed E-state index contributed by atoms with van der Waals surface area (Å²) in [6.45, 7) is 1.30. The zero-order valence-electron chi connectivity index (χ0n) is 16.8. The summed E-state index contributed by atoms with van der Waals surface area (Å²) >= 11 is 3.15. The molecule has 3 aromatic carbocycles. The van der Waals surface area contributed by atoms with Gasteiger partial charge in [0.1, 0.15) is 0 Å². The lowest BCUT2D eigenvalue weighted by molar-refractivity contribution is -0.384. The third-order valence-electron chi connectivity index (χ3n) is 4.48. The molecule has 0 saturated heterocycles. The second-order valence-corrected chi connectivity index (χ2v) is 7.64. The van der Waals surface area contributed by atoms with Gasteiger partial charge in [-0.15, -0.1) is 0 Å². The lowest BCUT2D eigenvalue weighted by atomic mass is 9.98. The number of nitro benzene ring substituents is 1. The maximum Gasteiger partial charge on any atom is 0.339 e. The van der Waals surface area contributed by atoms with E-state index in [9.17, 15) is 24.5 Å². The zero-order chi connectivity index (χ0) is 23.3. The Bertz CT molecular complexity index is 1210. The van der Waals surface area contributed by atoms with Crippen LogP contribution in [0.25, 0.3) is 0 Å². The number of hydrogen-bond donors (Lipinski definition) is 1. The predicted octanol–water partition coefficient (Wildman–Crippen LogP) is 4.69. The molecular weight excluding hydrogens is 480 g/mol. The van der Waals surface area contributed by atoms with Crippen LogP contribution < -0.4 is 5.32 Å². The van der Waals surface area contributed by atoms with Crippen molar-refractivity contribution in [3.8, 4) is 0 Å². The van der Waals surface area contributed by atoms with Gasteiger partial charge in [0.05, 0.1) is 16.2 Å². The molecule has 0 atom stereocenters. The number of amides is 1. The van der Waals surface area contributed by atoms with Crippen molar-refractivity contribution in [1.82, 2.24) is 0 Å². The van der Waals surface area contributed by atoms with Crippen LogP contribution >= 0.6 is 15.9 Å². The standard InChI is InChI=1S/C23H17BrN2O6/c1-14-6-8-15(9-7-14)22(28)17-4-2-3-5-18(17)23(29)32-13-21(27)25-20-11-10-16(26(30)31)12-19(20)24/h2-12H,13H2,1H3,(H,25,27). The van der Waals surface area contributed by atoms with Crippen LogP contribution in [0.1, 0.15) is 31.8 Å². The van der Waals surface area contributed by atoms with Crippen LogP contribution in [-0.2, 0) is 9.53 Å². The first-order valence-corrected chi connectivity index (χ1v) is 10.2. The summed E-state index contributed by atoms with van der Waals surface area (Å²) in [6.07, 6.45) is 0. The number of benzene rings is 3. The summed E-state index contributed by atoms with van der Waals surface area (Å²) in [6, 6.07) is 17.0. The maximum absolute atomic E-state index is 12.8. The number of nitro groups is 1. The SMILES string of the molecule is Cc1ccc(C(=O)c2ccccc2C(=O)OCC(=O)Nc2ccc([N+](=O)[O-])cc2Br)cc1. The highest BCUT2D eigenvalue weighted by Gasteiger charge is 2.20. The first-order valence-electron chi connectivity index (χ1n) is 9.37. The second-order valence-electron chi connectivity index (χ2n) is 6.79. The molecular formula is C23H17BrN2O6. The lowest BCUT2D eigenvalue weighted by Gasteiger charge is -2.10. The van der Waals surface area contributed by atoms with Gasteiger partial charge in [0, 0.05) is 27.7 Å². The van der Waals surface area contributed by atoms with Gasteiger partial charge >= 0.3 is 5.97 Å². The van der Waals surface area contributed by atoms with E-state index in [2.05, 4.69) is 21.2 Å². The number of aryl methyl sites for hydroxylation is 1. The van der Waals surface area contributed by atoms with Crippen molar-refractivity contribution in [3.05, 3.63) is 104 Å². The van der Waals surface area contributed by atoms with E-state index in [1.807, 2.05) is 6.92 Å². The van der Waals surface area contributed by atoms with Gasteiger partial charge < -0.3 is 10.1 Å². The van der Waals surface area contributed by atoms with Crippen LogP contribution in [0, 0.1) is 17.0 Å². The Labute approximate surface area is 191 Å². The summed E-state index contributed by atoms with van der Waals surface area (Å²) in [7, 11) is 0. The fourth-order valence-electron chi connectivity index (χ4n) is 2.83. The fourth-order valence-corrected chi connectivity index (χ4v) is 3.30. The lowest BCUT2D eigenvalue weighted by Crippen LogP contribution is -2.22. The molecule has 32 heavy (non-hydrogen) atoms. The first kappa shape index (κ1) is 22.8. The number of carbonyl (C=O) groups excluding carboxylic acids is 3. The number of ketones is 1. The van der Waals surface area contributed by atoms with Gasteiger partial charge in [0.25, 0.3) is 11.6 Å². The van der Waals surface area contributed by atoms with Crippen LogP contribution in [-0.4, -0.2) is 29.2 Å². The molecule has 0 aromatic heterocycles. The van der Waals surface area contributed by atoms with Gasteiger partial charge in [0.2, 0.25) is 0 Å². The molecule has 0 bridgehead atoms. The molecule has 0 radical (unpaired) electrons. The number of ether oxygens (including phenoxy) is 1. The van der Waals surface area contributed by atoms with E-state index < -0.39 is 23.4 Å². The van der Waals surface area contributed by atoms with E-state index in [0.29, 0.717) is 10.0 Å². The third-order valence-corrected chi connectivity index (χ3v) is 5.13. The van der Waals surface area contributed by atoms with Crippen molar-refractivity contribution in [2.75, 3.05) is 11.9 Å². The third kappa shape index (κ3) is 5.44. The number of non-ortho nitro benzene ring substituents is 1.